The highest BCUT2D eigenvalue weighted by atomic mass is 35.5. The highest BCUT2D eigenvalue weighted by Gasteiger charge is 2.30. The largest absolute Gasteiger partial charge is 0.490 e. The van der Waals surface area contributed by atoms with E-state index in [0.717, 1.165) is 43.5 Å². The van der Waals surface area contributed by atoms with Crippen molar-refractivity contribution in [2.75, 3.05) is 26.4 Å². The van der Waals surface area contributed by atoms with Crippen LogP contribution in [0.1, 0.15) is 42.1 Å². The number of carbonyl (C=O) groups excluding carboxylic acids is 1. The molecular formula is C25H24Cl4F3NO5. The molecule has 0 bridgehead atoms. The Labute approximate surface area is 238 Å². The lowest BCUT2D eigenvalue weighted by Gasteiger charge is -2.12. The molecule has 0 aromatic heterocycles. The van der Waals surface area contributed by atoms with E-state index in [4.69, 9.17) is 65.5 Å². The number of rotatable bonds is 14. The van der Waals surface area contributed by atoms with E-state index in [-0.39, 0.29) is 23.3 Å². The number of hydrogen-bond acceptors (Lipinski definition) is 6. The Hall–Kier alpha value is -2.17. The summed E-state index contributed by atoms with van der Waals surface area (Å²) in [5, 5.41) is 4.27. The number of unbranched alkanes of at least 4 members (excludes halogenated alkanes) is 2. The van der Waals surface area contributed by atoms with Gasteiger partial charge in [-0.05, 0) is 56.5 Å². The van der Waals surface area contributed by atoms with Crippen LogP contribution in [0.3, 0.4) is 0 Å². The van der Waals surface area contributed by atoms with Crippen LogP contribution >= 0.6 is 46.4 Å². The van der Waals surface area contributed by atoms with Crippen molar-refractivity contribution in [3.05, 3.63) is 68.1 Å². The van der Waals surface area contributed by atoms with Crippen molar-refractivity contribution in [1.82, 2.24) is 0 Å². The number of oxime groups is 1. The van der Waals surface area contributed by atoms with Gasteiger partial charge in [0, 0.05) is 18.7 Å². The average molecular weight is 617 g/mol. The number of ether oxygens (including phenoxy) is 3. The van der Waals surface area contributed by atoms with Crippen LogP contribution in [-0.2, 0) is 15.8 Å². The summed E-state index contributed by atoms with van der Waals surface area (Å²) in [6.45, 7) is 2.72. The minimum absolute atomic E-state index is 0.0467. The Morgan fingerprint density at radius 1 is 0.974 bits per heavy atom. The van der Waals surface area contributed by atoms with Gasteiger partial charge in [-0.3, -0.25) is 0 Å². The second kappa shape index (κ2) is 16.1. The maximum Gasteiger partial charge on any atom is 0.416 e. The van der Waals surface area contributed by atoms with Crippen molar-refractivity contribution in [3.8, 4) is 11.5 Å². The molecule has 0 aliphatic heterocycles. The molecule has 13 heteroatoms. The molecule has 0 atom stereocenters. The summed E-state index contributed by atoms with van der Waals surface area (Å²) in [7, 11) is 0. The quantitative estimate of drug-likeness (QED) is 0.0921. The highest BCUT2D eigenvalue weighted by molar-refractivity contribution is 6.55. The Kier molecular flexibility index (Phi) is 13.5. The smallest absolute Gasteiger partial charge is 0.416 e. The summed E-state index contributed by atoms with van der Waals surface area (Å²) in [5.41, 5.74) is -0.509. The lowest BCUT2D eigenvalue weighted by Crippen LogP contribution is -2.10. The summed E-state index contributed by atoms with van der Waals surface area (Å²) >= 11 is 23.5. The predicted molar refractivity (Wildman–Crippen MR) is 142 cm³/mol. The zero-order chi connectivity index (χ0) is 28.1. The normalized spacial score (nSPS) is 11.7. The van der Waals surface area contributed by atoms with Gasteiger partial charge >= 0.3 is 12.1 Å². The Balaban J connectivity index is 1.62. The van der Waals surface area contributed by atoms with Crippen LogP contribution in [-0.4, -0.2) is 38.1 Å². The van der Waals surface area contributed by atoms with E-state index in [1.807, 2.05) is 0 Å². The van der Waals surface area contributed by atoms with Crippen LogP contribution < -0.4 is 9.47 Å². The first-order valence-corrected chi connectivity index (χ1v) is 12.7. The van der Waals surface area contributed by atoms with Crippen molar-refractivity contribution < 1.29 is 37.0 Å². The molecule has 0 amide bonds. The van der Waals surface area contributed by atoms with Crippen molar-refractivity contribution in [1.29, 1.82) is 0 Å². The Morgan fingerprint density at radius 2 is 1.61 bits per heavy atom. The third-order valence-corrected chi connectivity index (χ3v) is 5.55. The van der Waals surface area contributed by atoms with Gasteiger partial charge < -0.3 is 19.0 Å². The lowest BCUT2D eigenvalue weighted by molar-refractivity contribution is -0.137. The maximum absolute atomic E-state index is 12.6. The van der Waals surface area contributed by atoms with Crippen LogP contribution in [0, 0.1) is 0 Å². The van der Waals surface area contributed by atoms with Crippen molar-refractivity contribution in [3.63, 3.8) is 0 Å². The third kappa shape index (κ3) is 11.7. The fraction of sp³-hybridized carbons (Fsp3) is 0.360. The molecule has 2 aromatic rings. The monoisotopic (exact) mass is 615 g/mol. The molecule has 38 heavy (non-hydrogen) atoms. The van der Waals surface area contributed by atoms with Crippen LogP contribution in [0.4, 0.5) is 13.2 Å². The van der Waals surface area contributed by atoms with Crippen LogP contribution in [0.5, 0.6) is 11.5 Å². The van der Waals surface area contributed by atoms with E-state index < -0.39 is 17.7 Å². The first kappa shape index (κ1) is 32.0. The summed E-state index contributed by atoms with van der Waals surface area (Å²) < 4.78 is 54.5. The molecule has 0 heterocycles. The van der Waals surface area contributed by atoms with Gasteiger partial charge in [-0.2, -0.15) is 13.2 Å². The topological polar surface area (TPSA) is 66.3 Å². The number of benzene rings is 2. The minimum Gasteiger partial charge on any atom is -0.490 e. The standard InChI is InChI=1S/C25H24Cl4F3NO5/c1-16(33-38-24(34)17-5-7-18(8-6-17)25(30,31)32)15-35-10-3-2-4-11-37-23-20(26)13-19(14-21(23)27)36-12-9-22(28)29/h5-9,13-14H,2-4,10-12,15H2,1H3. The first-order chi connectivity index (χ1) is 18.0. The molecule has 0 aliphatic rings. The van der Waals surface area contributed by atoms with Gasteiger partial charge in [0.2, 0.25) is 0 Å². The molecule has 0 fully saturated rings. The number of nitrogens with zero attached hydrogens (tertiary/aromatic N) is 1. The summed E-state index contributed by atoms with van der Waals surface area (Å²) in [4.78, 5) is 16.7. The predicted octanol–water partition coefficient (Wildman–Crippen LogP) is 8.51. The van der Waals surface area contributed by atoms with E-state index in [1.54, 1.807) is 19.1 Å². The molecule has 2 rings (SSSR count). The molecular weight excluding hydrogens is 593 g/mol. The number of halogens is 7. The summed E-state index contributed by atoms with van der Waals surface area (Å²) in [6, 6.07) is 6.82. The first-order valence-electron chi connectivity index (χ1n) is 11.2. The van der Waals surface area contributed by atoms with Gasteiger partial charge in [-0.15, -0.1) is 0 Å². The molecule has 6 nitrogen and oxygen atoms in total. The van der Waals surface area contributed by atoms with E-state index in [0.29, 0.717) is 40.5 Å². The van der Waals surface area contributed by atoms with Crippen molar-refractivity contribution in [2.45, 2.75) is 32.4 Å². The fourth-order valence-electron chi connectivity index (χ4n) is 2.83. The molecule has 2 aromatic carbocycles. The van der Waals surface area contributed by atoms with E-state index in [9.17, 15) is 18.0 Å². The molecule has 0 radical (unpaired) electrons. The van der Waals surface area contributed by atoms with Gasteiger partial charge in [0.25, 0.3) is 0 Å². The fourth-order valence-corrected chi connectivity index (χ4v) is 3.53. The molecule has 0 saturated carbocycles. The van der Waals surface area contributed by atoms with Crippen molar-refractivity contribution in [2.24, 2.45) is 5.16 Å². The summed E-state index contributed by atoms with van der Waals surface area (Å²) in [5.74, 6) is -0.0575. The van der Waals surface area contributed by atoms with Gasteiger partial charge in [0.05, 0.1) is 40.1 Å². The SMILES string of the molecule is CC(COCCCCCOc1c(Cl)cc(OCC=C(Cl)Cl)cc1Cl)=NOC(=O)c1ccc(C(F)(F)F)cc1. The second-order valence-electron chi connectivity index (χ2n) is 7.76. The Bertz CT molecular complexity index is 1100. The van der Waals surface area contributed by atoms with E-state index >= 15 is 0 Å². The van der Waals surface area contributed by atoms with Crippen molar-refractivity contribution >= 4 is 58.1 Å². The third-order valence-electron chi connectivity index (χ3n) is 4.68. The number of alkyl halides is 3. The molecule has 0 spiro atoms. The van der Waals surface area contributed by atoms with Gasteiger partial charge in [0.15, 0.2) is 5.75 Å². The van der Waals surface area contributed by atoms with Crippen LogP contribution in [0.15, 0.2) is 52.1 Å². The highest BCUT2D eigenvalue weighted by Crippen LogP contribution is 2.37. The lowest BCUT2D eigenvalue weighted by atomic mass is 10.1. The van der Waals surface area contributed by atoms with Gasteiger partial charge in [-0.1, -0.05) is 51.6 Å². The minimum atomic E-state index is -4.48. The van der Waals surface area contributed by atoms with Gasteiger partial charge in [0.1, 0.15) is 16.8 Å². The summed E-state index contributed by atoms with van der Waals surface area (Å²) in [6.07, 6.45) is -0.724. The molecule has 208 valence electrons. The van der Waals surface area contributed by atoms with Gasteiger partial charge in [-0.25, -0.2) is 4.79 Å². The van der Waals surface area contributed by atoms with E-state index in [1.165, 1.54) is 6.08 Å². The number of carbonyl (C=O) groups is 1. The molecule has 0 aliphatic carbocycles. The zero-order valence-electron chi connectivity index (χ0n) is 20.1. The second-order valence-corrected chi connectivity index (χ2v) is 9.59. The van der Waals surface area contributed by atoms with Crippen LogP contribution in [0.2, 0.25) is 10.0 Å². The molecule has 0 N–H and O–H groups in total. The molecule has 0 saturated heterocycles. The van der Waals surface area contributed by atoms with Crippen LogP contribution in [0.25, 0.3) is 0 Å². The molecule has 0 unspecified atom stereocenters. The number of hydrogen-bond donors (Lipinski definition) is 0. The maximum atomic E-state index is 12.6. The Morgan fingerprint density at radius 3 is 2.21 bits per heavy atom. The van der Waals surface area contributed by atoms with E-state index in [2.05, 4.69) is 5.16 Å². The average Bonchev–Trinajstić information content (AvgIpc) is 2.84. The zero-order valence-corrected chi connectivity index (χ0v) is 23.1.